The molecule has 0 fully saturated rings. The molecule has 104 valence electrons. The molecule has 0 radical (unpaired) electrons. The van der Waals surface area contributed by atoms with Crippen LogP contribution in [0.5, 0.6) is 0 Å². The van der Waals surface area contributed by atoms with Gasteiger partial charge in [0.15, 0.2) is 0 Å². The lowest BCUT2D eigenvalue weighted by molar-refractivity contribution is -0.129. The third kappa shape index (κ3) is 5.97. The monoisotopic (exact) mass is 307 g/mol. The lowest BCUT2D eigenvalue weighted by Crippen LogP contribution is -2.31. The molecule has 1 amide bonds. The molecule has 6 heteroatoms. The number of amides is 1. The highest BCUT2D eigenvalue weighted by atomic mass is 35.5. The summed E-state index contributed by atoms with van der Waals surface area (Å²) in [6.07, 6.45) is 0.328. The maximum atomic E-state index is 11.8. The van der Waals surface area contributed by atoms with E-state index in [4.69, 9.17) is 22.1 Å². The fraction of sp³-hybridized carbons (Fsp3) is 0.357. The van der Waals surface area contributed by atoms with Crippen LogP contribution < -0.4 is 0 Å². The molecule has 0 aromatic heterocycles. The molecule has 0 atom stereocenters. The van der Waals surface area contributed by atoms with E-state index in [-0.39, 0.29) is 19.0 Å². The second-order valence-corrected chi connectivity index (χ2v) is 5.54. The van der Waals surface area contributed by atoms with Crippen LogP contribution in [0.25, 0.3) is 0 Å². The first-order chi connectivity index (χ1) is 9.67. The van der Waals surface area contributed by atoms with Gasteiger partial charge in [-0.05, 0) is 17.7 Å². The van der Waals surface area contributed by atoms with Crippen molar-refractivity contribution in [3.05, 3.63) is 34.9 Å². The fourth-order valence-electron chi connectivity index (χ4n) is 1.54. The van der Waals surface area contributed by atoms with Gasteiger partial charge in [-0.1, -0.05) is 23.7 Å². The third-order valence-electron chi connectivity index (χ3n) is 2.49. The SMILES string of the molecule is N#CCN(CC#N)C(=O)CCSCc1cccc(Cl)c1. The standard InChI is InChI=1S/C14H14ClN3OS/c15-13-3-1-2-12(10-13)11-20-9-4-14(19)18(7-5-16)8-6-17/h1-3,10H,4,7-9,11H2. The van der Waals surface area contributed by atoms with Gasteiger partial charge in [-0.25, -0.2) is 0 Å². The largest absolute Gasteiger partial charge is 0.316 e. The van der Waals surface area contributed by atoms with Crippen molar-refractivity contribution in [2.75, 3.05) is 18.8 Å². The highest BCUT2D eigenvalue weighted by Crippen LogP contribution is 2.17. The number of thioether (sulfide) groups is 1. The lowest BCUT2D eigenvalue weighted by atomic mass is 10.2. The van der Waals surface area contributed by atoms with Crippen LogP contribution in [0.3, 0.4) is 0 Å². The maximum absolute atomic E-state index is 11.8. The Morgan fingerprint density at radius 1 is 1.30 bits per heavy atom. The van der Waals surface area contributed by atoms with Gasteiger partial charge in [-0.3, -0.25) is 4.79 Å². The van der Waals surface area contributed by atoms with Gasteiger partial charge in [0.2, 0.25) is 5.91 Å². The fourth-order valence-corrected chi connectivity index (χ4v) is 2.63. The highest BCUT2D eigenvalue weighted by Gasteiger charge is 2.12. The van der Waals surface area contributed by atoms with Crippen molar-refractivity contribution in [1.82, 2.24) is 4.90 Å². The van der Waals surface area contributed by atoms with Crippen LogP contribution in [-0.4, -0.2) is 29.6 Å². The summed E-state index contributed by atoms with van der Waals surface area (Å²) < 4.78 is 0. The van der Waals surface area contributed by atoms with Gasteiger partial charge in [0.05, 0.1) is 12.1 Å². The summed E-state index contributed by atoms with van der Waals surface area (Å²) in [7, 11) is 0. The summed E-state index contributed by atoms with van der Waals surface area (Å²) in [4.78, 5) is 13.0. The predicted octanol–water partition coefficient (Wildman–Crippen LogP) is 2.84. The normalized spacial score (nSPS) is 9.55. The van der Waals surface area contributed by atoms with E-state index in [0.29, 0.717) is 17.2 Å². The quantitative estimate of drug-likeness (QED) is 0.574. The molecule has 0 spiro atoms. The van der Waals surface area contributed by atoms with Gasteiger partial charge in [-0.2, -0.15) is 22.3 Å². The van der Waals surface area contributed by atoms with Gasteiger partial charge < -0.3 is 4.90 Å². The number of hydrogen-bond donors (Lipinski definition) is 0. The first kappa shape index (κ1) is 16.4. The van der Waals surface area contributed by atoms with Gasteiger partial charge in [0.1, 0.15) is 13.1 Å². The van der Waals surface area contributed by atoms with E-state index in [1.807, 2.05) is 36.4 Å². The van der Waals surface area contributed by atoms with Crippen molar-refractivity contribution in [2.24, 2.45) is 0 Å². The van der Waals surface area contributed by atoms with Gasteiger partial charge in [0.25, 0.3) is 0 Å². The minimum atomic E-state index is -0.160. The summed E-state index contributed by atoms with van der Waals surface area (Å²) in [5.74, 6) is 1.27. The Morgan fingerprint density at radius 3 is 2.60 bits per heavy atom. The molecule has 20 heavy (non-hydrogen) atoms. The van der Waals surface area contributed by atoms with E-state index >= 15 is 0 Å². The predicted molar refractivity (Wildman–Crippen MR) is 80.0 cm³/mol. The molecule has 1 aromatic carbocycles. The van der Waals surface area contributed by atoms with Crippen molar-refractivity contribution < 1.29 is 4.79 Å². The molecule has 0 aliphatic rings. The topological polar surface area (TPSA) is 67.9 Å². The minimum Gasteiger partial charge on any atom is -0.316 e. The van der Waals surface area contributed by atoms with E-state index in [9.17, 15) is 4.79 Å². The number of halogens is 1. The Labute approximate surface area is 127 Å². The van der Waals surface area contributed by atoms with Crippen molar-refractivity contribution in [2.45, 2.75) is 12.2 Å². The smallest absolute Gasteiger partial charge is 0.225 e. The van der Waals surface area contributed by atoms with Gasteiger partial charge >= 0.3 is 0 Å². The summed E-state index contributed by atoms with van der Waals surface area (Å²) in [6.45, 7) is -0.0727. The third-order valence-corrected chi connectivity index (χ3v) is 3.76. The Morgan fingerprint density at radius 2 is 2.00 bits per heavy atom. The number of hydrogen-bond acceptors (Lipinski definition) is 4. The Balaban J connectivity index is 2.31. The molecule has 0 heterocycles. The molecule has 4 nitrogen and oxygen atoms in total. The first-order valence-electron chi connectivity index (χ1n) is 6.01. The molecule has 1 rings (SSSR count). The van der Waals surface area contributed by atoms with Crippen molar-refractivity contribution in [3.63, 3.8) is 0 Å². The molecular weight excluding hydrogens is 294 g/mol. The second kappa shape index (κ2) is 9.25. The molecule has 0 bridgehead atoms. The van der Waals surface area contributed by atoms with E-state index in [1.165, 1.54) is 4.90 Å². The number of nitrogens with zero attached hydrogens (tertiary/aromatic N) is 3. The van der Waals surface area contributed by atoms with Crippen molar-refractivity contribution in [3.8, 4) is 12.1 Å². The Hall–Kier alpha value is -1.69. The minimum absolute atomic E-state index is 0.0364. The van der Waals surface area contributed by atoms with Crippen LogP contribution in [0.1, 0.15) is 12.0 Å². The van der Waals surface area contributed by atoms with Crippen LogP contribution in [0.4, 0.5) is 0 Å². The zero-order valence-corrected chi connectivity index (χ0v) is 12.5. The summed E-state index contributed by atoms with van der Waals surface area (Å²) in [5, 5.41) is 17.9. The van der Waals surface area contributed by atoms with E-state index in [0.717, 1.165) is 11.3 Å². The Kier molecular flexibility index (Phi) is 7.57. The first-order valence-corrected chi connectivity index (χ1v) is 7.54. The molecule has 1 aromatic rings. The van der Waals surface area contributed by atoms with Gasteiger partial charge in [0, 0.05) is 22.9 Å². The van der Waals surface area contributed by atoms with Crippen LogP contribution >= 0.6 is 23.4 Å². The molecule has 0 aliphatic carbocycles. The lowest BCUT2D eigenvalue weighted by Gasteiger charge is -2.15. The number of carbonyl (C=O) groups is 1. The summed E-state index contributed by atoms with van der Waals surface area (Å²) in [5.41, 5.74) is 1.11. The highest BCUT2D eigenvalue weighted by molar-refractivity contribution is 7.98. The van der Waals surface area contributed by atoms with Crippen LogP contribution in [0.2, 0.25) is 5.02 Å². The average Bonchev–Trinajstić information content (AvgIpc) is 2.43. The van der Waals surface area contributed by atoms with Crippen LogP contribution in [-0.2, 0) is 10.5 Å². The van der Waals surface area contributed by atoms with E-state index in [1.54, 1.807) is 11.8 Å². The maximum Gasteiger partial charge on any atom is 0.225 e. The second-order valence-electron chi connectivity index (χ2n) is 4.00. The van der Waals surface area contributed by atoms with E-state index < -0.39 is 0 Å². The number of benzene rings is 1. The summed E-state index contributed by atoms with van der Waals surface area (Å²) in [6, 6.07) is 11.4. The molecule has 0 N–H and O–H groups in total. The van der Waals surface area contributed by atoms with Gasteiger partial charge in [-0.15, -0.1) is 0 Å². The average molecular weight is 308 g/mol. The van der Waals surface area contributed by atoms with Crippen molar-refractivity contribution in [1.29, 1.82) is 10.5 Å². The molecule has 0 aliphatic heterocycles. The molecular formula is C14H14ClN3OS. The molecule has 0 saturated carbocycles. The Bertz CT molecular complexity index is 520. The zero-order chi connectivity index (χ0) is 14.8. The number of nitriles is 2. The number of carbonyl (C=O) groups excluding carboxylic acids is 1. The zero-order valence-electron chi connectivity index (χ0n) is 10.9. The van der Waals surface area contributed by atoms with E-state index in [2.05, 4.69) is 0 Å². The van der Waals surface area contributed by atoms with Crippen LogP contribution in [0, 0.1) is 22.7 Å². The number of rotatable bonds is 7. The molecule has 0 saturated heterocycles. The van der Waals surface area contributed by atoms with Crippen LogP contribution in [0.15, 0.2) is 24.3 Å². The molecule has 0 unspecified atom stereocenters. The summed E-state index contributed by atoms with van der Waals surface area (Å²) >= 11 is 7.51. The van der Waals surface area contributed by atoms with Crippen molar-refractivity contribution >= 4 is 29.3 Å².